The number of nitrogens with zero attached hydrogens (tertiary/aromatic N) is 1. The summed E-state index contributed by atoms with van der Waals surface area (Å²) in [6.07, 6.45) is 0. The number of rotatable bonds is 4. The second-order valence-electron chi connectivity index (χ2n) is 1.71. The minimum Gasteiger partial charge on any atom is -0.467 e. The van der Waals surface area contributed by atoms with Gasteiger partial charge in [0.15, 0.2) is 6.04 Å². The van der Waals surface area contributed by atoms with Gasteiger partial charge in [0.1, 0.15) is 0 Å². The first kappa shape index (κ1) is 10.2. The molecule has 0 rings (SSSR count). The molecule has 0 bridgehead atoms. The van der Waals surface area contributed by atoms with E-state index in [0.717, 1.165) is 0 Å². The van der Waals surface area contributed by atoms with Gasteiger partial charge in [-0.2, -0.15) is 0 Å². The smallest absolute Gasteiger partial charge is 0.333 e. The van der Waals surface area contributed by atoms with Crippen molar-refractivity contribution in [1.29, 1.82) is 0 Å². The molecule has 0 aliphatic heterocycles. The van der Waals surface area contributed by atoms with E-state index in [0.29, 0.717) is 0 Å². The van der Waals surface area contributed by atoms with Crippen LogP contribution in [0.5, 0.6) is 0 Å². The average molecular weight is 175 g/mol. The number of thiocarbonyl (C=S) groups is 1. The summed E-state index contributed by atoms with van der Waals surface area (Å²) in [5, 5.41) is 2.10. The van der Waals surface area contributed by atoms with E-state index in [4.69, 9.17) is 4.74 Å². The molecule has 11 heavy (non-hydrogen) atoms. The van der Waals surface area contributed by atoms with E-state index in [1.807, 2.05) is 0 Å². The molecule has 4 nitrogen and oxygen atoms in total. The van der Waals surface area contributed by atoms with Gasteiger partial charge in [-0.3, -0.25) is 0 Å². The molecule has 0 spiro atoms. The number of carbonyl (C=O) groups excluding carboxylic acids is 1. The lowest BCUT2D eigenvalue weighted by molar-refractivity contribution is -0.143. The molecule has 1 atom stereocenters. The van der Waals surface area contributed by atoms with E-state index in [-0.39, 0.29) is 6.61 Å². The molecule has 0 aromatic heterocycles. The van der Waals surface area contributed by atoms with Crippen molar-refractivity contribution < 1.29 is 14.3 Å². The minimum atomic E-state index is -0.678. The second-order valence-corrected chi connectivity index (χ2v) is 1.90. The van der Waals surface area contributed by atoms with Crippen molar-refractivity contribution in [2.45, 2.75) is 6.04 Å². The topological polar surface area (TPSA) is 47.9 Å². The number of methoxy groups -OCH3 is 2. The van der Waals surface area contributed by atoms with Gasteiger partial charge in [0, 0.05) is 7.11 Å². The van der Waals surface area contributed by atoms with Crippen LogP contribution in [0.15, 0.2) is 4.99 Å². The Morgan fingerprint density at radius 2 is 2.36 bits per heavy atom. The highest BCUT2D eigenvalue weighted by Crippen LogP contribution is 1.93. The summed E-state index contributed by atoms with van der Waals surface area (Å²) in [4.78, 5) is 14.4. The fraction of sp³-hybridized carbons (Fsp3) is 0.667. The molecule has 0 aliphatic carbocycles. The lowest BCUT2D eigenvalue weighted by atomic mass is 10.3. The van der Waals surface area contributed by atoms with Gasteiger partial charge in [-0.25, -0.2) is 9.79 Å². The Morgan fingerprint density at radius 3 is 2.73 bits per heavy atom. The van der Waals surface area contributed by atoms with Gasteiger partial charge in [0.2, 0.25) is 0 Å². The molecule has 0 aromatic rings. The molecule has 0 N–H and O–H groups in total. The van der Waals surface area contributed by atoms with Crippen LogP contribution in [0.1, 0.15) is 0 Å². The summed E-state index contributed by atoms with van der Waals surface area (Å²) in [6, 6.07) is -0.678. The Kier molecular flexibility index (Phi) is 5.56. The van der Waals surface area contributed by atoms with Crippen molar-refractivity contribution >= 4 is 23.3 Å². The monoisotopic (exact) mass is 175 g/mol. The van der Waals surface area contributed by atoms with Crippen LogP contribution in [0.25, 0.3) is 0 Å². The third kappa shape index (κ3) is 3.83. The van der Waals surface area contributed by atoms with Crippen molar-refractivity contribution in [3.63, 3.8) is 0 Å². The van der Waals surface area contributed by atoms with Gasteiger partial charge in [0.25, 0.3) is 0 Å². The Labute approximate surface area is 70.2 Å². The maximum atomic E-state index is 10.8. The summed E-state index contributed by atoms with van der Waals surface area (Å²) < 4.78 is 9.12. The number of hydrogen-bond donors (Lipinski definition) is 0. The molecule has 0 aromatic carbocycles. The van der Waals surface area contributed by atoms with E-state index in [1.165, 1.54) is 14.2 Å². The summed E-state index contributed by atoms with van der Waals surface area (Å²) in [5.74, 6) is -0.468. The normalized spacial score (nSPS) is 11.5. The van der Waals surface area contributed by atoms with Crippen LogP contribution in [-0.4, -0.2) is 38.0 Å². The average Bonchev–Trinajstić information content (AvgIpc) is 2.03. The van der Waals surface area contributed by atoms with E-state index in [9.17, 15) is 4.79 Å². The van der Waals surface area contributed by atoms with Crippen LogP contribution in [-0.2, 0) is 14.3 Å². The van der Waals surface area contributed by atoms with Gasteiger partial charge < -0.3 is 9.47 Å². The fourth-order valence-electron chi connectivity index (χ4n) is 0.516. The Bertz CT molecular complexity index is 177. The molecule has 1 unspecified atom stereocenters. The lowest BCUT2D eigenvalue weighted by Crippen LogP contribution is -2.24. The molecule has 5 heteroatoms. The van der Waals surface area contributed by atoms with Gasteiger partial charge in [-0.1, -0.05) is 0 Å². The van der Waals surface area contributed by atoms with E-state index in [1.54, 1.807) is 0 Å². The van der Waals surface area contributed by atoms with Crippen LogP contribution in [0.2, 0.25) is 0 Å². The molecule has 0 saturated heterocycles. The highest BCUT2D eigenvalue weighted by atomic mass is 32.1. The summed E-state index contributed by atoms with van der Waals surface area (Å²) in [7, 11) is 2.75. The quantitative estimate of drug-likeness (QED) is 0.350. The van der Waals surface area contributed by atoms with Gasteiger partial charge in [-0.05, 0) is 12.2 Å². The molecular weight excluding hydrogens is 166 g/mol. The van der Waals surface area contributed by atoms with Crippen LogP contribution < -0.4 is 0 Å². The first-order valence-corrected chi connectivity index (χ1v) is 3.30. The van der Waals surface area contributed by atoms with E-state index >= 15 is 0 Å². The van der Waals surface area contributed by atoms with Crippen molar-refractivity contribution in [1.82, 2.24) is 0 Å². The SMILES string of the molecule is COCC(N=C=S)C(=O)OC. The van der Waals surface area contributed by atoms with Gasteiger partial charge in [0.05, 0.1) is 18.9 Å². The highest BCUT2D eigenvalue weighted by molar-refractivity contribution is 7.78. The summed E-state index contributed by atoms with van der Waals surface area (Å²) in [5.41, 5.74) is 0. The molecule has 0 saturated carbocycles. The number of aliphatic imine (C=N–C) groups is 1. The third-order valence-corrected chi connectivity index (χ3v) is 1.11. The molecule has 0 radical (unpaired) electrons. The largest absolute Gasteiger partial charge is 0.467 e. The standard InChI is InChI=1S/C6H9NO3S/c1-9-3-5(7-4-11)6(8)10-2/h5H,3H2,1-2H3. The zero-order valence-electron chi connectivity index (χ0n) is 6.36. The Hall–Kier alpha value is -0.770. The molecule has 0 amide bonds. The van der Waals surface area contributed by atoms with Crippen molar-refractivity contribution in [2.24, 2.45) is 4.99 Å². The first-order chi connectivity index (χ1) is 5.26. The molecule has 0 aliphatic rings. The van der Waals surface area contributed by atoms with Crippen LogP contribution >= 0.6 is 12.2 Å². The predicted octanol–water partition coefficient (Wildman–Crippen LogP) is 0.277. The molecule has 62 valence electrons. The molecular formula is C6H9NO3S. The number of esters is 1. The van der Waals surface area contributed by atoms with E-state index in [2.05, 4.69) is 27.1 Å². The minimum absolute atomic E-state index is 0.163. The highest BCUT2D eigenvalue weighted by Gasteiger charge is 2.16. The Balaban J connectivity index is 4.08. The van der Waals surface area contributed by atoms with Crippen molar-refractivity contribution in [3.05, 3.63) is 0 Å². The van der Waals surface area contributed by atoms with E-state index < -0.39 is 12.0 Å². The number of carbonyl (C=O) groups is 1. The number of ether oxygens (including phenoxy) is 2. The second kappa shape index (κ2) is 5.97. The zero-order chi connectivity index (χ0) is 8.69. The molecule has 0 fully saturated rings. The predicted molar refractivity (Wildman–Crippen MR) is 42.7 cm³/mol. The summed E-state index contributed by atoms with van der Waals surface area (Å²) >= 11 is 4.33. The number of hydrogen-bond acceptors (Lipinski definition) is 5. The summed E-state index contributed by atoms with van der Waals surface area (Å²) in [6.45, 7) is 0.163. The fourth-order valence-corrected chi connectivity index (χ4v) is 0.643. The van der Waals surface area contributed by atoms with Crippen LogP contribution in [0.3, 0.4) is 0 Å². The zero-order valence-corrected chi connectivity index (χ0v) is 7.18. The van der Waals surface area contributed by atoms with Crippen molar-refractivity contribution in [3.8, 4) is 0 Å². The van der Waals surface area contributed by atoms with Gasteiger partial charge in [-0.15, -0.1) is 0 Å². The van der Waals surface area contributed by atoms with Crippen LogP contribution in [0, 0.1) is 0 Å². The van der Waals surface area contributed by atoms with Crippen LogP contribution in [0.4, 0.5) is 0 Å². The Morgan fingerprint density at radius 1 is 1.73 bits per heavy atom. The lowest BCUT2D eigenvalue weighted by Gasteiger charge is -2.05. The van der Waals surface area contributed by atoms with Gasteiger partial charge >= 0.3 is 5.97 Å². The third-order valence-electron chi connectivity index (χ3n) is 1.01. The number of isothiocyanates is 1. The molecule has 0 heterocycles. The first-order valence-electron chi connectivity index (χ1n) is 2.90. The maximum Gasteiger partial charge on any atom is 0.333 e. The maximum absolute atomic E-state index is 10.8. The van der Waals surface area contributed by atoms with Crippen molar-refractivity contribution in [2.75, 3.05) is 20.8 Å².